The zero-order valence-corrected chi connectivity index (χ0v) is 18.3. The van der Waals surface area contributed by atoms with Gasteiger partial charge in [-0.1, -0.05) is 48.5 Å². The number of aliphatic carboxylic acids is 2. The molecule has 0 aliphatic carbocycles. The van der Waals surface area contributed by atoms with Crippen LogP contribution in [0.4, 0.5) is 4.39 Å². The summed E-state index contributed by atoms with van der Waals surface area (Å²) >= 11 is 0. The molecule has 174 valence electrons. The Hall–Kier alpha value is -3.91. The van der Waals surface area contributed by atoms with Gasteiger partial charge in [0, 0.05) is 12.6 Å². The number of hydrogen-bond donors (Lipinski definition) is 3. The molecule has 0 aliphatic heterocycles. The molecule has 33 heavy (non-hydrogen) atoms. The number of carbonyl (C=O) groups is 2. The van der Waals surface area contributed by atoms with Crippen LogP contribution in [-0.4, -0.2) is 29.3 Å². The zero-order chi connectivity index (χ0) is 24.2. The lowest BCUT2D eigenvalue weighted by Gasteiger charge is -2.16. The van der Waals surface area contributed by atoms with Gasteiger partial charge in [-0.25, -0.2) is 14.0 Å². The largest absolute Gasteiger partial charge is 0.493 e. The number of benzene rings is 3. The summed E-state index contributed by atoms with van der Waals surface area (Å²) in [5, 5.41) is 18.3. The molecule has 0 spiro atoms. The number of hydrogen-bond acceptors (Lipinski definition) is 5. The Kier molecular flexibility index (Phi) is 9.85. The molecule has 0 heterocycles. The van der Waals surface area contributed by atoms with E-state index in [0.717, 1.165) is 17.7 Å². The van der Waals surface area contributed by atoms with Crippen molar-refractivity contribution >= 4 is 11.9 Å². The van der Waals surface area contributed by atoms with E-state index in [0.29, 0.717) is 18.1 Å². The van der Waals surface area contributed by atoms with Crippen molar-refractivity contribution in [3.8, 4) is 11.5 Å². The lowest BCUT2D eigenvalue weighted by atomic mass is 10.1. The Labute approximate surface area is 191 Å². The summed E-state index contributed by atoms with van der Waals surface area (Å²) in [5.74, 6) is -2.55. The lowest BCUT2D eigenvalue weighted by molar-refractivity contribution is -0.159. The van der Waals surface area contributed by atoms with Gasteiger partial charge in [0.05, 0.1) is 7.11 Å². The van der Waals surface area contributed by atoms with E-state index in [2.05, 4.69) is 24.4 Å². The van der Waals surface area contributed by atoms with Crippen LogP contribution in [0.2, 0.25) is 0 Å². The molecule has 1 atom stereocenters. The van der Waals surface area contributed by atoms with Crippen LogP contribution in [0.1, 0.15) is 29.7 Å². The van der Waals surface area contributed by atoms with Gasteiger partial charge in [0.1, 0.15) is 12.4 Å². The summed E-state index contributed by atoms with van der Waals surface area (Å²) in [6, 6.07) is 22.8. The summed E-state index contributed by atoms with van der Waals surface area (Å²) in [6.45, 7) is 3.23. The average Bonchev–Trinajstić information content (AvgIpc) is 2.83. The third-order valence-electron chi connectivity index (χ3n) is 4.63. The minimum absolute atomic E-state index is 0.252. The fraction of sp³-hybridized carbons (Fsp3) is 0.200. The van der Waals surface area contributed by atoms with Crippen molar-refractivity contribution in [2.45, 2.75) is 26.1 Å². The van der Waals surface area contributed by atoms with Crippen LogP contribution in [0.3, 0.4) is 0 Å². The maximum absolute atomic E-state index is 13.0. The van der Waals surface area contributed by atoms with Crippen LogP contribution in [0.25, 0.3) is 0 Å². The minimum atomic E-state index is -1.82. The quantitative estimate of drug-likeness (QED) is 0.432. The molecule has 3 rings (SSSR count). The topological polar surface area (TPSA) is 105 Å². The van der Waals surface area contributed by atoms with Crippen LogP contribution < -0.4 is 14.8 Å². The van der Waals surface area contributed by atoms with Crippen molar-refractivity contribution in [2.75, 3.05) is 7.11 Å². The smallest absolute Gasteiger partial charge is 0.414 e. The fourth-order valence-corrected chi connectivity index (χ4v) is 2.81. The molecule has 0 saturated carbocycles. The molecule has 0 bridgehead atoms. The highest BCUT2D eigenvalue weighted by Gasteiger charge is 2.09. The van der Waals surface area contributed by atoms with Gasteiger partial charge in [0.15, 0.2) is 11.5 Å². The standard InChI is InChI=1S/C23H24FNO2.C2H2O4/c1-17(20-6-4-3-5-7-20)25-15-19-10-13-22(23(14-19)26-2)27-16-18-8-11-21(24)12-9-18;3-1(4)2(5)6/h3-14,17,25H,15-16H2,1-2H3;(H,3,4)(H,5,6). The molecule has 0 aliphatic rings. The molecular formula is C25H26FNO6. The second-order valence-corrected chi connectivity index (χ2v) is 7.02. The number of carboxylic acid groups (broad SMARTS) is 2. The third-order valence-corrected chi connectivity index (χ3v) is 4.63. The van der Waals surface area contributed by atoms with Gasteiger partial charge in [-0.2, -0.15) is 0 Å². The zero-order valence-electron chi connectivity index (χ0n) is 18.3. The van der Waals surface area contributed by atoms with E-state index in [9.17, 15) is 4.39 Å². The molecule has 1 unspecified atom stereocenters. The van der Waals surface area contributed by atoms with Gasteiger partial charge in [-0.05, 0) is 47.9 Å². The molecule has 3 aromatic carbocycles. The highest BCUT2D eigenvalue weighted by Crippen LogP contribution is 2.29. The van der Waals surface area contributed by atoms with Crippen LogP contribution in [0, 0.1) is 5.82 Å². The van der Waals surface area contributed by atoms with Gasteiger partial charge in [-0.3, -0.25) is 0 Å². The van der Waals surface area contributed by atoms with Gasteiger partial charge < -0.3 is 25.0 Å². The molecule has 0 saturated heterocycles. The highest BCUT2D eigenvalue weighted by molar-refractivity contribution is 6.27. The number of methoxy groups -OCH3 is 1. The summed E-state index contributed by atoms with van der Waals surface area (Å²) in [5.41, 5.74) is 3.27. The van der Waals surface area contributed by atoms with E-state index < -0.39 is 11.9 Å². The first kappa shape index (κ1) is 25.4. The number of rotatable bonds is 8. The Morgan fingerprint density at radius 1 is 0.909 bits per heavy atom. The van der Waals surface area contributed by atoms with Gasteiger partial charge in [0.25, 0.3) is 0 Å². The molecular weight excluding hydrogens is 429 g/mol. The van der Waals surface area contributed by atoms with Crippen LogP contribution in [0.15, 0.2) is 72.8 Å². The molecule has 7 nitrogen and oxygen atoms in total. The first-order valence-electron chi connectivity index (χ1n) is 10.1. The molecule has 3 N–H and O–H groups in total. The summed E-state index contributed by atoms with van der Waals surface area (Å²) < 4.78 is 24.3. The van der Waals surface area contributed by atoms with E-state index in [1.807, 2.05) is 36.4 Å². The van der Waals surface area contributed by atoms with Crippen molar-refractivity contribution in [1.29, 1.82) is 0 Å². The molecule has 0 fully saturated rings. The molecule has 0 radical (unpaired) electrons. The van der Waals surface area contributed by atoms with Gasteiger partial charge >= 0.3 is 11.9 Å². The number of halogens is 1. The van der Waals surface area contributed by atoms with E-state index in [-0.39, 0.29) is 11.9 Å². The summed E-state index contributed by atoms with van der Waals surface area (Å²) in [6.07, 6.45) is 0. The average molecular weight is 455 g/mol. The van der Waals surface area contributed by atoms with Crippen molar-refractivity contribution in [3.63, 3.8) is 0 Å². The maximum atomic E-state index is 13.0. The van der Waals surface area contributed by atoms with E-state index in [1.54, 1.807) is 19.2 Å². The van der Waals surface area contributed by atoms with Crippen LogP contribution in [0.5, 0.6) is 11.5 Å². The van der Waals surface area contributed by atoms with Crippen molar-refractivity contribution in [1.82, 2.24) is 5.32 Å². The molecule has 8 heteroatoms. The van der Waals surface area contributed by atoms with Crippen molar-refractivity contribution in [3.05, 3.63) is 95.3 Å². The normalized spacial score (nSPS) is 11.0. The summed E-state index contributed by atoms with van der Waals surface area (Å²) in [4.78, 5) is 18.2. The molecule has 0 amide bonds. The Bertz CT molecular complexity index is 1030. The predicted octanol–water partition coefficient (Wildman–Crippen LogP) is 4.42. The van der Waals surface area contributed by atoms with E-state index in [4.69, 9.17) is 29.3 Å². The van der Waals surface area contributed by atoms with E-state index >= 15 is 0 Å². The third kappa shape index (κ3) is 8.62. The summed E-state index contributed by atoms with van der Waals surface area (Å²) in [7, 11) is 1.63. The minimum Gasteiger partial charge on any atom is -0.493 e. The van der Waals surface area contributed by atoms with Crippen molar-refractivity contribution < 1.29 is 33.7 Å². The second kappa shape index (κ2) is 12.8. The van der Waals surface area contributed by atoms with Crippen LogP contribution >= 0.6 is 0 Å². The second-order valence-electron chi connectivity index (χ2n) is 7.02. The lowest BCUT2D eigenvalue weighted by Crippen LogP contribution is -2.18. The monoisotopic (exact) mass is 455 g/mol. The van der Waals surface area contributed by atoms with Crippen LogP contribution in [-0.2, 0) is 22.7 Å². The number of nitrogens with one attached hydrogen (secondary N) is 1. The SMILES string of the molecule is COc1cc(CNC(C)c2ccccc2)ccc1OCc1ccc(F)cc1.O=C(O)C(=O)O. The Balaban J connectivity index is 0.000000569. The number of ether oxygens (including phenoxy) is 2. The van der Waals surface area contributed by atoms with Crippen molar-refractivity contribution in [2.24, 2.45) is 0 Å². The Morgan fingerprint density at radius 2 is 1.52 bits per heavy atom. The highest BCUT2D eigenvalue weighted by atomic mass is 19.1. The predicted molar refractivity (Wildman–Crippen MR) is 121 cm³/mol. The van der Waals surface area contributed by atoms with E-state index in [1.165, 1.54) is 17.7 Å². The first-order valence-corrected chi connectivity index (χ1v) is 10.1. The maximum Gasteiger partial charge on any atom is 0.414 e. The molecule has 3 aromatic rings. The van der Waals surface area contributed by atoms with Gasteiger partial charge in [-0.15, -0.1) is 0 Å². The number of carboxylic acids is 2. The Morgan fingerprint density at radius 3 is 2.09 bits per heavy atom. The first-order chi connectivity index (χ1) is 15.8. The molecule has 0 aromatic heterocycles. The van der Waals surface area contributed by atoms with Gasteiger partial charge in [0.2, 0.25) is 0 Å². The fourth-order valence-electron chi connectivity index (χ4n) is 2.81.